The van der Waals surface area contributed by atoms with Crippen molar-refractivity contribution >= 4 is 16.5 Å². The molecule has 0 aliphatic carbocycles. The maximum atomic E-state index is 4.64. The minimum absolute atomic E-state index is 0.901. The first-order valence-corrected chi connectivity index (χ1v) is 7.29. The normalized spacial score (nSPS) is 10.9. The molecule has 0 aliphatic heterocycles. The second kappa shape index (κ2) is 5.52. The van der Waals surface area contributed by atoms with Crippen LogP contribution in [-0.2, 0) is 6.54 Å². The van der Waals surface area contributed by atoms with Crippen LogP contribution in [0.5, 0.6) is 0 Å². The van der Waals surface area contributed by atoms with Crippen LogP contribution in [0.1, 0.15) is 31.7 Å². The Morgan fingerprint density at radius 1 is 1.33 bits per heavy atom. The number of nitrogens with one attached hydrogen (secondary N) is 1. The molecule has 4 nitrogen and oxygen atoms in total. The second-order valence-corrected chi connectivity index (χ2v) is 5.18. The maximum absolute atomic E-state index is 4.64. The Morgan fingerprint density at radius 2 is 2.11 bits per heavy atom. The fourth-order valence-corrected chi connectivity index (χ4v) is 2.81. The van der Waals surface area contributed by atoms with Gasteiger partial charge in [0, 0.05) is 29.7 Å². The van der Waals surface area contributed by atoms with E-state index in [1.165, 1.54) is 11.3 Å². The molecule has 0 fully saturated rings. The highest BCUT2D eigenvalue weighted by molar-refractivity contribution is 7.14. The van der Waals surface area contributed by atoms with Crippen molar-refractivity contribution in [3.63, 3.8) is 0 Å². The van der Waals surface area contributed by atoms with Crippen molar-refractivity contribution < 1.29 is 0 Å². The Morgan fingerprint density at radius 3 is 2.72 bits per heavy atom. The van der Waals surface area contributed by atoms with Gasteiger partial charge in [-0.3, -0.25) is 4.68 Å². The number of thiazole rings is 1. The van der Waals surface area contributed by atoms with Crippen molar-refractivity contribution in [2.24, 2.45) is 0 Å². The van der Waals surface area contributed by atoms with Crippen LogP contribution >= 0.6 is 11.3 Å². The van der Waals surface area contributed by atoms with E-state index in [0.29, 0.717) is 0 Å². The van der Waals surface area contributed by atoms with Crippen LogP contribution in [0, 0.1) is 13.8 Å². The maximum Gasteiger partial charge on any atom is 0.183 e. The summed E-state index contributed by atoms with van der Waals surface area (Å²) in [6.45, 7) is 10.3. The van der Waals surface area contributed by atoms with Crippen molar-refractivity contribution in [2.45, 2.75) is 40.7 Å². The molecule has 1 N–H and O–H groups in total. The molecule has 2 aromatic rings. The molecule has 0 amide bonds. The van der Waals surface area contributed by atoms with Gasteiger partial charge in [-0.25, -0.2) is 4.98 Å². The lowest BCUT2D eigenvalue weighted by Gasteiger charge is -2.00. The molecule has 0 radical (unpaired) electrons. The molecular formula is C13H20N4S. The number of anilines is 1. The van der Waals surface area contributed by atoms with Gasteiger partial charge in [-0.2, -0.15) is 5.10 Å². The van der Waals surface area contributed by atoms with E-state index in [2.05, 4.69) is 41.6 Å². The minimum atomic E-state index is 0.901. The molecule has 0 saturated heterocycles. The summed E-state index contributed by atoms with van der Waals surface area (Å²) in [6, 6.07) is 0. The standard InChI is InChI=1S/C13H20N4S/c1-5-7-14-13-15-11(8-18-13)12-9(3)16-17(6-2)10(12)4/h8H,5-7H2,1-4H3,(H,14,15). The van der Waals surface area contributed by atoms with Crippen molar-refractivity contribution in [1.82, 2.24) is 14.8 Å². The van der Waals surface area contributed by atoms with Crippen molar-refractivity contribution in [3.05, 3.63) is 16.8 Å². The third-order valence-electron chi connectivity index (χ3n) is 2.97. The summed E-state index contributed by atoms with van der Waals surface area (Å²) in [7, 11) is 0. The van der Waals surface area contributed by atoms with Crippen LogP contribution < -0.4 is 5.32 Å². The Hall–Kier alpha value is -1.36. The molecule has 2 heterocycles. The number of hydrogen-bond donors (Lipinski definition) is 1. The van der Waals surface area contributed by atoms with Gasteiger partial charge >= 0.3 is 0 Å². The average Bonchev–Trinajstić information content (AvgIpc) is 2.91. The van der Waals surface area contributed by atoms with Gasteiger partial charge in [0.05, 0.1) is 11.4 Å². The predicted molar refractivity (Wildman–Crippen MR) is 77.3 cm³/mol. The highest BCUT2D eigenvalue weighted by Gasteiger charge is 2.15. The van der Waals surface area contributed by atoms with E-state index in [-0.39, 0.29) is 0 Å². The smallest absolute Gasteiger partial charge is 0.183 e. The van der Waals surface area contributed by atoms with Gasteiger partial charge in [0.1, 0.15) is 0 Å². The second-order valence-electron chi connectivity index (χ2n) is 4.33. The highest BCUT2D eigenvalue weighted by Crippen LogP contribution is 2.29. The van der Waals surface area contributed by atoms with E-state index in [0.717, 1.165) is 36.0 Å². The van der Waals surface area contributed by atoms with Gasteiger partial charge in [-0.1, -0.05) is 6.92 Å². The van der Waals surface area contributed by atoms with E-state index in [1.54, 1.807) is 11.3 Å². The Kier molecular flexibility index (Phi) is 4.01. The summed E-state index contributed by atoms with van der Waals surface area (Å²) in [4.78, 5) is 4.64. The summed E-state index contributed by atoms with van der Waals surface area (Å²) < 4.78 is 2.03. The summed E-state index contributed by atoms with van der Waals surface area (Å²) in [6.07, 6.45) is 1.11. The van der Waals surface area contributed by atoms with Crippen molar-refractivity contribution in [1.29, 1.82) is 0 Å². The molecule has 0 saturated carbocycles. The van der Waals surface area contributed by atoms with Crippen LogP contribution in [0.15, 0.2) is 5.38 Å². The number of hydrogen-bond acceptors (Lipinski definition) is 4. The topological polar surface area (TPSA) is 42.7 Å². The Balaban J connectivity index is 2.31. The minimum Gasteiger partial charge on any atom is -0.362 e. The Bertz CT molecular complexity index is 527. The number of nitrogens with zero attached hydrogens (tertiary/aromatic N) is 3. The fraction of sp³-hybridized carbons (Fsp3) is 0.538. The molecule has 5 heteroatoms. The molecule has 0 bridgehead atoms. The quantitative estimate of drug-likeness (QED) is 0.899. The molecule has 0 spiro atoms. The lowest BCUT2D eigenvalue weighted by molar-refractivity contribution is 0.634. The van der Waals surface area contributed by atoms with Crippen LogP contribution in [0.4, 0.5) is 5.13 Å². The fourth-order valence-electron chi connectivity index (χ4n) is 2.08. The summed E-state index contributed by atoms with van der Waals surface area (Å²) in [5.41, 5.74) is 4.47. The summed E-state index contributed by atoms with van der Waals surface area (Å²) >= 11 is 1.66. The number of rotatable bonds is 5. The van der Waals surface area contributed by atoms with Gasteiger partial charge in [-0.15, -0.1) is 11.3 Å². The number of aryl methyl sites for hydroxylation is 2. The zero-order chi connectivity index (χ0) is 13.1. The first-order valence-electron chi connectivity index (χ1n) is 6.41. The number of aromatic nitrogens is 3. The van der Waals surface area contributed by atoms with Gasteiger partial charge in [0.2, 0.25) is 0 Å². The largest absolute Gasteiger partial charge is 0.362 e. The highest BCUT2D eigenvalue weighted by atomic mass is 32.1. The predicted octanol–water partition coefficient (Wildman–Crippen LogP) is 3.47. The monoisotopic (exact) mass is 264 g/mol. The molecule has 0 unspecified atom stereocenters. The third-order valence-corrected chi connectivity index (χ3v) is 3.77. The van der Waals surface area contributed by atoms with Crippen molar-refractivity contribution in [3.8, 4) is 11.3 Å². The molecule has 18 heavy (non-hydrogen) atoms. The molecule has 0 aliphatic rings. The summed E-state index contributed by atoms with van der Waals surface area (Å²) in [5.74, 6) is 0. The first kappa shape index (κ1) is 13.1. The van der Waals surface area contributed by atoms with E-state index in [4.69, 9.17) is 0 Å². The zero-order valence-electron chi connectivity index (χ0n) is 11.4. The molecule has 2 aromatic heterocycles. The van der Waals surface area contributed by atoms with E-state index in [9.17, 15) is 0 Å². The Labute approximate surface area is 112 Å². The molecule has 0 atom stereocenters. The zero-order valence-corrected chi connectivity index (χ0v) is 12.3. The van der Waals surface area contributed by atoms with E-state index < -0.39 is 0 Å². The van der Waals surface area contributed by atoms with E-state index >= 15 is 0 Å². The van der Waals surface area contributed by atoms with Gasteiger partial charge < -0.3 is 5.32 Å². The van der Waals surface area contributed by atoms with Crippen LogP contribution in [0.3, 0.4) is 0 Å². The van der Waals surface area contributed by atoms with E-state index in [1.807, 2.05) is 11.6 Å². The van der Waals surface area contributed by atoms with Crippen molar-refractivity contribution in [2.75, 3.05) is 11.9 Å². The van der Waals surface area contributed by atoms with Crippen LogP contribution in [-0.4, -0.2) is 21.3 Å². The summed E-state index contributed by atoms with van der Waals surface area (Å²) in [5, 5.41) is 11.0. The lowest BCUT2D eigenvalue weighted by Crippen LogP contribution is -1.99. The molecular weight excluding hydrogens is 244 g/mol. The average molecular weight is 264 g/mol. The van der Waals surface area contributed by atoms with Gasteiger partial charge in [-0.05, 0) is 27.2 Å². The van der Waals surface area contributed by atoms with Gasteiger partial charge in [0.25, 0.3) is 0 Å². The SMILES string of the molecule is CCCNc1nc(-c2c(C)nn(CC)c2C)cs1. The molecule has 2 rings (SSSR count). The third kappa shape index (κ3) is 2.41. The van der Waals surface area contributed by atoms with Gasteiger partial charge in [0.15, 0.2) is 5.13 Å². The van der Waals surface area contributed by atoms with Crippen LogP contribution in [0.25, 0.3) is 11.3 Å². The lowest BCUT2D eigenvalue weighted by atomic mass is 10.1. The van der Waals surface area contributed by atoms with Crippen LogP contribution in [0.2, 0.25) is 0 Å². The molecule has 0 aromatic carbocycles. The first-order chi connectivity index (χ1) is 8.67. The molecule has 98 valence electrons.